The molecule has 24 heavy (non-hydrogen) atoms. The molecular formula is C19H24N2O3. The van der Waals surface area contributed by atoms with E-state index in [0.717, 1.165) is 18.4 Å². The van der Waals surface area contributed by atoms with Crippen molar-refractivity contribution >= 4 is 11.8 Å². The van der Waals surface area contributed by atoms with Crippen LogP contribution < -0.4 is 5.32 Å². The number of rotatable bonds is 5. The second kappa shape index (κ2) is 7.62. The van der Waals surface area contributed by atoms with Crippen LogP contribution in [0.25, 0.3) is 0 Å². The maximum atomic E-state index is 12.6. The molecule has 128 valence electrons. The Morgan fingerprint density at radius 2 is 2.00 bits per heavy atom. The van der Waals surface area contributed by atoms with Crippen LogP contribution in [0.5, 0.6) is 0 Å². The molecule has 0 radical (unpaired) electrons. The summed E-state index contributed by atoms with van der Waals surface area (Å²) in [5.41, 5.74) is 0.970. The lowest BCUT2D eigenvalue weighted by Crippen LogP contribution is -2.48. The minimum atomic E-state index is -0.372. The largest absolute Gasteiger partial charge is 0.396 e. The zero-order valence-electron chi connectivity index (χ0n) is 13.7. The fourth-order valence-electron chi connectivity index (χ4n) is 3.51. The second-order valence-electron chi connectivity index (χ2n) is 6.59. The minimum absolute atomic E-state index is 0.00838. The summed E-state index contributed by atoms with van der Waals surface area (Å²) in [5, 5.41) is 12.2. The predicted molar refractivity (Wildman–Crippen MR) is 91.1 cm³/mol. The average Bonchev–Trinajstić information content (AvgIpc) is 3.24. The molecule has 3 rings (SSSR count). The number of carbonyl (C=O) groups is 2. The van der Waals surface area contributed by atoms with Gasteiger partial charge in [-0.15, -0.1) is 0 Å². The lowest BCUT2D eigenvalue weighted by atomic mass is 10.1. The van der Waals surface area contributed by atoms with E-state index in [1.807, 2.05) is 42.5 Å². The Labute approximate surface area is 142 Å². The van der Waals surface area contributed by atoms with Gasteiger partial charge in [0.1, 0.15) is 6.04 Å². The maximum absolute atomic E-state index is 12.6. The standard InChI is InChI=1S/C19H24N2O3/c22-13-15-8-9-16(11-15)20-19(24)17-7-4-10-21(17)18(23)12-14-5-2-1-3-6-14/h1-3,5-6,8-9,15-17,22H,4,7,10-13H2,(H,20,24)/t15-,16+,17?/m0/s1. The molecule has 1 saturated heterocycles. The fraction of sp³-hybridized carbons (Fsp3) is 0.474. The lowest BCUT2D eigenvalue weighted by Gasteiger charge is -2.25. The molecule has 1 aromatic rings. The first-order valence-corrected chi connectivity index (χ1v) is 8.60. The molecule has 0 bridgehead atoms. The summed E-state index contributed by atoms with van der Waals surface area (Å²) < 4.78 is 0. The van der Waals surface area contributed by atoms with Crippen LogP contribution in [0.2, 0.25) is 0 Å². The number of amides is 2. The Morgan fingerprint density at radius 1 is 1.21 bits per heavy atom. The van der Waals surface area contributed by atoms with Gasteiger partial charge in [-0.05, 0) is 24.8 Å². The van der Waals surface area contributed by atoms with Crippen molar-refractivity contribution < 1.29 is 14.7 Å². The lowest BCUT2D eigenvalue weighted by molar-refractivity contribution is -0.138. The highest BCUT2D eigenvalue weighted by Crippen LogP contribution is 2.21. The van der Waals surface area contributed by atoms with Gasteiger partial charge in [-0.25, -0.2) is 0 Å². The van der Waals surface area contributed by atoms with Crippen molar-refractivity contribution in [3.8, 4) is 0 Å². The van der Waals surface area contributed by atoms with Crippen molar-refractivity contribution in [3.05, 3.63) is 48.0 Å². The van der Waals surface area contributed by atoms with Crippen LogP contribution in [0, 0.1) is 5.92 Å². The van der Waals surface area contributed by atoms with Crippen LogP contribution >= 0.6 is 0 Å². The number of hydrogen-bond acceptors (Lipinski definition) is 3. The fourth-order valence-corrected chi connectivity index (χ4v) is 3.51. The zero-order valence-corrected chi connectivity index (χ0v) is 13.7. The van der Waals surface area contributed by atoms with Crippen molar-refractivity contribution in [2.45, 2.75) is 37.8 Å². The van der Waals surface area contributed by atoms with E-state index in [4.69, 9.17) is 5.11 Å². The maximum Gasteiger partial charge on any atom is 0.243 e. The summed E-state index contributed by atoms with van der Waals surface area (Å²) in [7, 11) is 0. The number of nitrogens with one attached hydrogen (secondary N) is 1. The minimum Gasteiger partial charge on any atom is -0.396 e. The summed E-state index contributed by atoms with van der Waals surface area (Å²) in [6, 6.07) is 9.21. The molecule has 2 aliphatic rings. The number of likely N-dealkylation sites (tertiary alicyclic amines) is 1. The number of aliphatic hydroxyl groups is 1. The number of benzene rings is 1. The summed E-state index contributed by atoms with van der Waals surface area (Å²) in [4.78, 5) is 26.8. The van der Waals surface area contributed by atoms with Crippen LogP contribution in [-0.4, -0.2) is 47.1 Å². The van der Waals surface area contributed by atoms with E-state index >= 15 is 0 Å². The van der Waals surface area contributed by atoms with Gasteiger partial charge in [-0.1, -0.05) is 42.5 Å². The number of nitrogens with zero attached hydrogens (tertiary/aromatic N) is 1. The topological polar surface area (TPSA) is 69.6 Å². The van der Waals surface area contributed by atoms with E-state index in [1.165, 1.54) is 0 Å². The molecule has 1 aliphatic heterocycles. The van der Waals surface area contributed by atoms with Gasteiger partial charge < -0.3 is 15.3 Å². The molecule has 1 aliphatic carbocycles. The highest BCUT2D eigenvalue weighted by atomic mass is 16.3. The highest BCUT2D eigenvalue weighted by molar-refractivity contribution is 5.89. The third kappa shape index (κ3) is 3.85. The van der Waals surface area contributed by atoms with E-state index in [2.05, 4.69) is 5.32 Å². The molecule has 3 atom stereocenters. The second-order valence-corrected chi connectivity index (χ2v) is 6.59. The number of hydrogen-bond donors (Lipinski definition) is 2. The van der Waals surface area contributed by atoms with Gasteiger partial charge in [0.15, 0.2) is 0 Å². The van der Waals surface area contributed by atoms with Crippen LogP contribution in [-0.2, 0) is 16.0 Å². The molecule has 0 saturated carbocycles. The van der Waals surface area contributed by atoms with Gasteiger partial charge in [-0.2, -0.15) is 0 Å². The molecule has 2 N–H and O–H groups in total. The molecular weight excluding hydrogens is 304 g/mol. The van der Waals surface area contributed by atoms with Gasteiger partial charge in [0, 0.05) is 25.1 Å². The molecule has 5 nitrogen and oxygen atoms in total. The Balaban J connectivity index is 1.57. The molecule has 1 fully saturated rings. The summed E-state index contributed by atoms with van der Waals surface area (Å²) in [5.74, 6) is 0.0471. The van der Waals surface area contributed by atoms with Crippen molar-refractivity contribution in [2.75, 3.05) is 13.2 Å². The number of aliphatic hydroxyl groups excluding tert-OH is 1. The van der Waals surface area contributed by atoms with Crippen molar-refractivity contribution in [3.63, 3.8) is 0 Å². The first kappa shape index (κ1) is 16.7. The third-order valence-corrected chi connectivity index (χ3v) is 4.81. The van der Waals surface area contributed by atoms with Crippen LogP contribution in [0.4, 0.5) is 0 Å². The quantitative estimate of drug-likeness (QED) is 0.800. The highest BCUT2D eigenvalue weighted by Gasteiger charge is 2.35. The van der Waals surface area contributed by atoms with E-state index in [9.17, 15) is 9.59 Å². The first-order chi connectivity index (χ1) is 11.7. The molecule has 1 heterocycles. The first-order valence-electron chi connectivity index (χ1n) is 8.60. The summed E-state index contributed by atoms with van der Waals surface area (Å²) in [6.45, 7) is 0.748. The molecule has 0 spiro atoms. The van der Waals surface area contributed by atoms with Crippen LogP contribution in [0.3, 0.4) is 0 Å². The van der Waals surface area contributed by atoms with Gasteiger partial charge in [0.2, 0.25) is 11.8 Å². The van der Waals surface area contributed by atoms with Crippen molar-refractivity contribution in [1.82, 2.24) is 10.2 Å². The van der Waals surface area contributed by atoms with E-state index in [-0.39, 0.29) is 36.4 Å². The van der Waals surface area contributed by atoms with Crippen molar-refractivity contribution in [1.29, 1.82) is 0 Å². The normalized spacial score (nSPS) is 25.9. The zero-order chi connectivity index (χ0) is 16.9. The Morgan fingerprint density at radius 3 is 2.71 bits per heavy atom. The SMILES string of the molecule is O=C(N[C@@H]1C=C[C@H](CO)C1)C1CCCN1C(=O)Cc1ccccc1. The molecule has 1 aromatic carbocycles. The molecule has 2 amide bonds. The summed E-state index contributed by atoms with van der Waals surface area (Å²) in [6.07, 6.45) is 6.51. The van der Waals surface area contributed by atoms with Crippen LogP contribution in [0.15, 0.2) is 42.5 Å². The molecule has 1 unspecified atom stereocenters. The summed E-state index contributed by atoms with van der Waals surface area (Å²) >= 11 is 0. The molecule has 5 heteroatoms. The Kier molecular flexibility index (Phi) is 5.30. The Hall–Kier alpha value is -2.14. The van der Waals surface area contributed by atoms with Gasteiger partial charge in [0.25, 0.3) is 0 Å². The monoisotopic (exact) mass is 328 g/mol. The van der Waals surface area contributed by atoms with Crippen LogP contribution in [0.1, 0.15) is 24.8 Å². The average molecular weight is 328 g/mol. The van der Waals surface area contributed by atoms with Gasteiger partial charge >= 0.3 is 0 Å². The van der Waals surface area contributed by atoms with E-state index < -0.39 is 0 Å². The van der Waals surface area contributed by atoms with Gasteiger partial charge in [-0.3, -0.25) is 9.59 Å². The predicted octanol–water partition coefficient (Wildman–Crippen LogP) is 1.27. The third-order valence-electron chi connectivity index (χ3n) is 4.81. The Bertz CT molecular complexity index is 614. The smallest absolute Gasteiger partial charge is 0.243 e. The van der Waals surface area contributed by atoms with E-state index in [0.29, 0.717) is 19.4 Å². The van der Waals surface area contributed by atoms with Crippen molar-refractivity contribution in [2.24, 2.45) is 5.92 Å². The number of carbonyl (C=O) groups excluding carboxylic acids is 2. The van der Waals surface area contributed by atoms with Gasteiger partial charge in [0.05, 0.1) is 6.42 Å². The molecule has 0 aromatic heterocycles. The van der Waals surface area contributed by atoms with E-state index in [1.54, 1.807) is 4.90 Å².